The number of nitrogens with two attached hydrogens (primary N) is 1. The lowest BCUT2D eigenvalue weighted by molar-refractivity contribution is 0.285. The van der Waals surface area contributed by atoms with E-state index in [9.17, 15) is 12.8 Å². The lowest BCUT2D eigenvalue weighted by Crippen LogP contribution is -2.20. The van der Waals surface area contributed by atoms with Crippen molar-refractivity contribution < 1.29 is 17.5 Å². The van der Waals surface area contributed by atoms with E-state index in [1.807, 2.05) is 6.92 Å². The van der Waals surface area contributed by atoms with Crippen LogP contribution in [0.3, 0.4) is 0 Å². The molecule has 1 atom stereocenters. The first-order valence-electron chi connectivity index (χ1n) is 8.74. The van der Waals surface area contributed by atoms with Gasteiger partial charge in [-0.2, -0.15) is 5.10 Å². The molecule has 8 heteroatoms. The molecule has 1 aliphatic rings. The van der Waals surface area contributed by atoms with E-state index in [2.05, 4.69) is 5.10 Å². The molecule has 1 heterocycles. The summed E-state index contributed by atoms with van der Waals surface area (Å²) in [7, 11) is -3.29. The Hall–Kier alpha value is -2.09. The fourth-order valence-corrected chi connectivity index (χ4v) is 4.31. The zero-order valence-corrected chi connectivity index (χ0v) is 15.6. The number of rotatable bonds is 9. The van der Waals surface area contributed by atoms with Gasteiger partial charge in [-0.3, -0.25) is 4.68 Å². The molecule has 1 fully saturated rings. The number of hydrogen-bond donors (Lipinski definition) is 1. The molecule has 1 aliphatic carbocycles. The van der Waals surface area contributed by atoms with Crippen molar-refractivity contribution in [3.05, 3.63) is 41.8 Å². The summed E-state index contributed by atoms with van der Waals surface area (Å²) in [6, 6.07) is 6.20. The Morgan fingerprint density at radius 2 is 2.15 bits per heavy atom. The number of halogens is 1. The number of nitrogens with zero attached hydrogens (tertiary/aromatic N) is 2. The van der Waals surface area contributed by atoms with E-state index in [1.165, 1.54) is 10.7 Å². The average molecular weight is 381 g/mol. The van der Waals surface area contributed by atoms with Crippen molar-refractivity contribution >= 4 is 15.7 Å². The Bertz CT molecular complexity index is 862. The lowest BCUT2D eigenvalue weighted by Gasteiger charge is -2.15. The molecule has 2 N–H and O–H groups in total. The van der Waals surface area contributed by atoms with Crippen LogP contribution in [0.1, 0.15) is 31.2 Å². The molecule has 0 radical (unpaired) electrons. The number of benzene rings is 1. The maximum absolute atomic E-state index is 13.9. The molecule has 1 saturated carbocycles. The minimum atomic E-state index is -3.29. The summed E-state index contributed by atoms with van der Waals surface area (Å²) < 4.78 is 45.7. The molecular weight excluding hydrogens is 357 g/mol. The highest BCUT2D eigenvalue weighted by atomic mass is 32.2. The molecule has 0 amide bonds. The maximum atomic E-state index is 13.9. The van der Waals surface area contributed by atoms with Gasteiger partial charge in [0.05, 0.1) is 24.7 Å². The average Bonchev–Trinajstić information content (AvgIpc) is 3.32. The zero-order valence-electron chi connectivity index (χ0n) is 14.8. The van der Waals surface area contributed by atoms with Gasteiger partial charge >= 0.3 is 0 Å². The second kappa shape index (κ2) is 7.65. The molecule has 1 aromatic carbocycles. The minimum absolute atomic E-state index is 0.0164. The first kappa shape index (κ1) is 18.7. The van der Waals surface area contributed by atoms with Crippen LogP contribution in [0.5, 0.6) is 5.75 Å². The summed E-state index contributed by atoms with van der Waals surface area (Å²) in [5.41, 5.74) is 6.28. The van der Waals surface area contributed by atoms with Crippen LogP contribution in [0.2, 0.25) is 0 Å². The smallest absolute Gasteiger partial charge is 0.165 e. The van der Waals surface area contributed by atoms with Gasteiger partial charge in [0.25, 0.3) is 0 Å². The lowest BCUT2D eigenvalue weighted by atomic mass is 10.0. The van der Waals surface area contributed by atoms with Gasteiger partial charge < -0.3 is 10.5 Å². The standard InChI is InChI=1S/C18H24FN3O3S/c1-13(12-26(23,24)9-8-22-7-6-18(20)21-22)15-4-5-16(19)17(10-15)25-11-14-2-3-14/h4-7,10,13-14H,2-3,8-9,11-12H2,1H3,(H2,20,21)/t13-/m0/s1. The van der Waals surface area contributed by atoms with Gasteiger partial charge in [-0.05, 0) is 48.4 Å². The van der Waals surface area contributed by atoms with Crippen molar-refractivity contribution in [1.29, 1.82) is 0 Å². The molecular formula is C18H24FN3O3S. The molecule has 0 unspecified atom stereocenters. The molecule has 0 spiro atoms. The topological polar surface area (TPSA) is 87.2 Å². The first-order valence-corrected chi connectivity index (χ1v) is 10.6. The predicted molar refractivity (Wildman–Crippen MR) is 98.3 cm³/mol. The molecule has 26 heavy (non-hydrogen) atoms. The largest absolute Gasteiger partial charge is 0.490 e. The molecule has 0 aliphatic heterocycles. The number of aryl methyl sites for hydroxylation is 1. The molecule has 0 saturated heterocycles. The van der Waals surface area contributed by atoms with E-state index in [0.29, 0.717) is 18.3 Å². The van der Waals surface area contributed by atoms with Crippen LogP contribution in [-0.4, -0.2) is 36.3 Å². The second-order valence-electron chi connectivity index (χ2n) is 6.96. The monoisotopic (exact) mass is 381 g/mol. The molecule has 0 bridgehead atoms. The van der Waals surface area contributed by atoms with Crippen molar-refractivity contribution in [2.24, 2.45) is 5.92 Å². The third-order valence-corrected chi connectivity index (χ3v) is 6.30. The highest BCUT2D eigenvalue weighted by molar-refractivity contribution is 7.91. The third-order valence-electron chi connectivity index (χ3n) is 4.49. The van der Waals surface area contributed by atoms with Gasteiger partial charge in [0.2, 0.25) is 0 Å². The zero-order chi connectivity index (χ0) is 18.7. The minimum Gasteiger partial charge on any atom is -0.490 e. The van der Waals surface area contributed by atoms with Crippen LogP contribution in [0.25, 0.3) is 0 Å². The van der Waals surface area contributed by atoms with Gasteiger partial charge in [-0.1, -0.05) is 13.0 Å². The maximum Gasteiger partial charge on any atom is 0.165 e. The van der Waals surface area contributed by atoms with Crippen LogP contribution in [0.4, 0.5) is 10.2 Å². The Labute approximate surface area is 153 Å². The predicted octanol–water partition coefficient (Wildman–Crippen LogP) is 2.61. The van der Waals surface area contributed by atoms with Crippen molar-refractivity contribution in [1.82, 2.24) is 9.78 Å². The summed E-state index contributed by atoms with van der Waals surface area (Å²) >= 11 is 0. The van der Waals surface area contributed by atoms with E-state index in [0.717, 1.165) is 18.4 Å². The summed E-state index contributed by atoms with van der Waals surface area (Å²) in [6.45, 7) is 2.59. The number of ether oxygens (including phenoxy) is 1. The number of nitrogen functional groups attached to an aromatic ring is 1. The van der Waals surface area contributed by atoms with E-state index >= 15 is 0 Å². The number of hydrogen-bond acceptors (Lipinski definition) is 5. The molecule has 6 nitrogen and oxygen atoms in total. The summed E-state index contributed by atoms with van der Waals surface area (Å²) in [4.78, 5) is 0. The molecule has 142 valence electrons. The Kier molecular flexibility index (Phi) is 5.50. The summed E-state index contributed by atoms with van der Waals surface area (Å²) in [5.74, 6) is 0.369. The van der Waals surface area contributed by atoms with Crippen LogP contribution in [0.15, 0.2) is 30.5 Å². The van der Waals surface area contributed by atoms with Crippen LogP contribution < -0.4 is 10.5 Å². The highest BCUT2D eigenvalue weighted by Crippen LogP contribution is 2.31. The fourth-order valence-electron chi connectivity index (χ4n) is 2.72. The van der Waals surface area contributed by atoms with Gasteiger partial charge in [-0.25, -0.2) is 12.8 Å². The molecule has 3 rings (SSSR count). The van der Waals surface area contributed by atoms with Gasteiger partial charge in [-0.15, -0.1) is 0 Å². The van der Waals surface area contributed by atoms with Crippen LogP contribution in [-0.2, 0) is 16.4 Å². The van der Waals surface area contributed by atoms with Crippen LogP contribution in [0, 0.1) is 11.7 Å². The normalized spacial score (nSPS) is 15.8. The second-order valence-corrected chi connectivity index (χ2v) is 9.19. The van der Waals surface area contributed by atoms with Gasteiger partial charge in [0.1, 0.15) is 5.82 Å². The van der Waals surface area contributed by atoms with Crippen molar-refractivity contribution in [2.75, 3.05) is 23.8 Å². The number of sulfone groups is 1. The molecule has 2 aromatic rings. The van der Waals surface area contributed by atoms with Crippen molar-refractivity contribution in [2.45, 2.75) is 32.2 Å². The number of anilines is 1. The van der Waals surface area contributed by atoms with E-state index < -0.39 is 15.7 Å². The summed E-state index contributed by atoms with van der Waals surface area (Å²) in [6.07, 6.45) is 3.90. The number of aromatic nitrogens is 2. The van der Waals surface area contributed by atoms with Crippen molar-refractivity contribution in [3.63, 3.8) is 0 Å². The summed E-state index contributed by atoms with van der Waals surface area (Å²) in [5, 5.41) is 3.98. The van der Waals surface area contributed by atoms with Gasteiger partial charge in [0.15, 0.2) is 21.4 Å². The first-order chi connectivity index (χ1) is 12.3. The third kappa shape index (κ3) is 5.20. The Morgan fingerprint density at radius 1 is 1.38 bits per heavy atom. The Morgan fingerprint density at radius 3 is 2.81 bits per heavy atom. The SMILES string of the molecule is C[C@@H](CS(=O)(=O)CCn1ccc(N)n1)c1ccc(F)c(OCC2CC2)c1. The van der Waals surface area contributed by atoms with Crippen molar-refractivity contribution in [3.8, 4) is 5.75 Å². The van der Waals surface area contributed by atoms with E-state index in [1.54, 1.807) is 24.4 Å². The van der Waals surface area contributed by atoms with E-state index in [-0.39, 0.29) is 29.7 Å². The molecule has 1 aromatic heterocycles. The van der Waals surface area contributed by atoms with Crippen LogP contribution >= 0.6 is 0 Å². The highest BCUT2D eigenvalue weighted by Gasteiger charge is 2.23. The quantitative estimate of drug-likeness (QED) is 0.721. The Balaban J connectivity index is 1.60. The van der Waals surface area contributed by atoms with E-state index in [4.69, 9.17) is 10.5 Å². The van der Waals surface area contributed by atoms with Gasteiger partial charge in [0, 0.05) is 6.20 Å². The fraction of sp³-hybridized carbons (Fsp3) is 0.500.